The molecule has 3 heterocycles. The van der Waals surface area contributed by atoms with Crippen molar-refractivity contribution < 1.29 is 9.53 Å². The maximum absolute atomic E-state index is 12.8. The van der Waals surface area contributed by atoms with Crippen LogP contribution in [-0.2, 0) is 17.9 Å². The van der Waals surface area contributed by atoms with E-state index in [2.05, 4.69) is 26.6 Å². The summed E-state index contributed by atoms with van der Waals surface area (Å²) in [4.78, 5) is 21.5. The van der Waals surface area contributed by atoms with Crippen LogP contribution in [0.2, 0.25) is 0 Å². The average Bonchev–Trinajstić information content (AvgIpc) is 3.32. The lowest BCUT2D eigenvalue weighted by Crippen LogP contribution is -2.54. The second-order valence-corrected chi connectivity index (χ2v) is 9.30. The van der Waals surface area contributed by atoms with Crippen molar-refractivity contribution in [3.8, 4) is 11.8 Å². The summed E-state index contributed by atoms with van der Waals surface area (Å²) in [7, 11) is 3.58. The van der Waals surface area contributed by atoms with E-state index < -0.39 is 0 Å². The summed E-state index contributed by atoms with van der Waals surface area (Å²) in [6.45, 7) is 2.52. The number of likely N-dealkylation sites (tertiary alicyclic amines) is 1. The summed E-state index contributed by atoms with van der Waals surface area (Å²) >= 11 is 0. The Bertz CT molecular complexity index is 1290. The lowest BCUT2D eigenvalue weighted by Gasteiger charge is -2.46. The van der Waals surface area contributed by atoms with Gasteiger partial charge in [0.2, 0.25) is 5.91 Å². The van der Waals surface area contributed by atoms with Crippen LogP contribution in [-0.4, -0.2) is 58.5 Å². The number of amides is 1. The minimum absolute atomic E-state index is 0.0665. The van der Waals surface area contributed by atoms with Crippen LogP contribution in [0.25, 0.3) is 5.57 Å². The van der Waals surface area contributed by atoms with E-state index in [1.54, 1.807) is 13.2 Å². The van der Waals surface area contributed by atoms with Crippen molar-refractivity contribution in [3.63, 3.8) is 0 Å². The molecule has 0 spiro atoms. The second-order valence-electron chi connectivity index (χ2n) is 9.30. The van der Waals surface area contributed by atoms with E-state index in [-0.39, 0.29) is 17.9 Å². The predicted octanol–water partition coefficient (Wildman–Crippen LogP) is 3.56. The average molecular weight is 468 g/mol. The predicted molar refractivity (Wildman–Crippen MR) is 133 cm³/mol. The first-order valence-corrected chi connectivity index (χ1v) is 11.9. The molecule has 0 saturated carbocycles. The molecule has 5 rings (SSSR count). The second kappa shape index (κ2) is 9.77. The van der Waals surface area contributed by atoms with Crippen molar-refractivity contribution in [2.75, 3.05) is 27.2 Å². The Hall–Kier alpha value is -3.89. The van der Waals surface area contributed by atoms with Crippen LogP contribution in [0, 0.1) is 17.2 Å². The fourth-order valence-electron chi connectivity index (χ4n) is 5.25. The molecule has 2 aliphatic heterocycles. The van der Waals surface area contributed by atoms with Crippen molar-refractivity contribution in [2.24, 2.45) is 5.92 Å². The Morgan fingerprint density at radius 2 is 2.03 bits per heavy atom. The highest BCUT2D eigenvalue weighted by atomic mass is 16.5. The lowest BCUT2D eigenvalue weighted by molar-refractivity contribution is -0.129. The van der Waals surface area contributed by atoms with Crippen molar-refractivity contribution in [1.82, 2.24) is 19.4 Å². The molecular weight excluding hydrogens is 438 g/mol. The number of piperidine rings is 1. The minimum atomic E-state index is 0.0665. The quantitative estimate of drug-likeness (QED) is 0.554. The molecular formula is C28H29N5O2. The molecule has 1 fully saturated rings. The van der Waals surface area contributed by atoms with Crippen molar-refractivity contribution in [3.05, 3.63) is 89.5 Å². The zero-order valence-electron chi connectivity index (χ0n) is 20.1. The van der Waals surface area contributed by atoms with Gasteiger partial charge in [0, 0.05) is 56.5 Å². The standard InChI is InChI=1S/C28H29N5O2/c1-31-27-10-11-32(17-26(27)25(14-28(31)34)22-4-3-5-24(13-22)35-2)19-33-18-30-16-23(33)12-20-6-8-21(15-29)9-7-20/h3-9,13-14,16,18,26-27H,10-12,17,19H2,1-2H3. The third-order valence-electron chi connectivity index (χ3n) is 7.21. The van der Waals surface area contributed by atoms with Crippen molar-refractivity contribution in [1.29, 1.82) is 5.26 Å². The van der Waals surface area contributed by atoms with Gasteiger partial charge >= 0.3 is 0 Å². The first kappa shape index (κ1) is 22.9. The molecule has 2 atom stereocenters. The minimum Gasteiger partial charge on any atom is -0.497 e. The zero-order chi connectivity index (χ0) is 24.4. The number of aromatic nitrogens is 2. The Balaban J connectivity index is 1.35. The van der Waals surface area contributed by atoms with E-state index in [1.807, 2.05) is 66.9 Å². The summed E-state index contributed by atoms with van der Waals surface area (Å²) in [5, 5.41) is 9.04. The van der Waals surface area contributed by atoms with E-state index in [1.165, 1.54) is 0 Å². The molecule has 3 aromatic rings. The molecule has 1 amide bonds. The van der Waals surface area contributed by atoms with Gasteiger partial charge in [-0.2, -0.15) is 5.26 Å². The highest BCUT2D eigenvalue weighted by molar-refractivity contribution is 5.98. The Morgan fingerprint density at radius 1 is 1.20 bits per heavy atom. The molecule has 35 heavy (non-hydrogen) atoms. The van der Waals surface area contributed by atoms with E-state index >= 15 is 0 Å². The molecule has 2 aliphatic rings. The fourth-order valence-corrected chi connectivity index (χ4v) is 5.25. The Labute approximate surface area is 205 Å². The number of imidazole rings is 1. The Morgan fingerprint density at radius 3 is 2.80 bits per heavy atom. The summed E-state index contributed by atoms with van der Waals surface area (Å²) < 4.78 is 7.64. The van der Waals surface area contributed by atoms with Gasteiger partial charge in [0.15, 0.2) is 0 Å². The van der Waals surface area contributed by atoms with Crippen LogP contribution < -0.4 is 4.74 Å². The van der Waals surface area contributed by atoms with Gasteiger partial charge in [0.05, 0.1) is 31.7 Å². The highest BCUT2D eigenvalue weighted by Gasteiger charge is 2.39. The summed E-state index contributed by atoms with van der Waals surface area (Å²) in [5.74, 6) is 1.09. The highest BCUT2D eigenvalue weighted by Crippen LogP contribution is 2.38. The number of nitriles is 1. The number of hydrogen-bond donors (Lipinski definition) is 0. The number of rotatable bonds is 6. The first-order valence-electron chi connectivity index (χ1n) is 11.9. The van der Waals surface area contributed by atoms with Crippen LogP contribution in [0.15, 0.2) is 67.1 Å². The smallest absolute Gasteiger partial charge is 0.246 e. The van der Waals surface area contributed by atoms with E-state index in [0.29, 0.717) is 5.56 Å². The van der Waals surface area contributed by atoms with E-state index in [9.17, 15) is 4.79 Å². The molecule has 1 aromatic heterocycles. The Kier molecular flexibility index (Phi) is 6.39. The van der Waals surface area contributed by atoms with Gasteiger partial charge in [-0.25, -0.2) is 4.98 Å². The van der Waals surface area contributed by atoms with Crippen molar-refractivity contribution >= 4 is 11.5 Å². The monoisotopic (exact) mass is 467 g/mol. The lowest BCUT2D eigenvalue weighted by atomic mass is 9.79. The molecule has 7 heteroatoms. The molecule has 1 saturated heterocycles. The molecule has 0 aliphatic carbocycles. The van der Waals surface area contributed by atoms with E-state index in [4.69, 9.17) is 10.00 Å². The molecule has 0 radical (unpaired) electrons. The molecule has 0 bridgehead atoms. The number of methoxy groups -OCH3 is 1. The van der Waals surface area contributed by atoms with Crippen molar-refractivity contribution in [2.45, 2.75) is 25.6 Å². The van der Waals surface area contributed by atoms with E-state index in [0.717, 1.165) is 60.7 Å². The molecule has 2 aromatic carbocycles. The first-order chi connectivity index (χ1) is 17.1. The summed E-state index contributed by atoms with van der Waals surface area (Å²) in [6, 6.07) is 18.1. The topological polar surface area (TPSA) is 74.4 Å². The molecule has 7 nitrogen and oxygen atoms in total. The van der Waals surface area contributed by atoms with Gasteiger partial charge in [-0.1, -0.05) is 24.3 Å². The summed E-state index contributed by atoms with van der Waals surface area (Å²) in [6.07, 6.45) is 7.29. The number of carbonyl (C=O) groups excluding carboxylic acids is 1. The third kappa shape index (κ3) is 4.71. The number of carbonyl (C=O) groups is 1. The number of ether oxygens (including phenoxy) is 1. The normalized spacial score (nSPS) is 20.2. The maximum atomic E-state index is 12.8. The number of benzene rings is 2. The zero-order valence-corrected chi connectivity index (χ0v) is 20.1. The number of fused-ring (bicyclic) bond motifs is 1. The van der Waals surface area contributed by atoms with Gasteiger partial charge < -0.3 is 14.2 Å². The summed E-state index contributed by atoms with van der Waals surface area (Å²) in [5.41, 5.74) is 5.09. The number of hydrogen-bond acceptors (Lipinski definition) is 5. The molecule has 2 unspecified atom stereocenters. The molecule has 0 N–H and O–H groups in total. The SMILES string of the molecule is COc1cccc(C2=CC(=O)N(C)C3CCN(Cn4cncc4Cc4ccc(C#N)cc4)CC23)c1. The fraction of sp³-hybridized carbons (Fsp3) is 0.321. The van der Waals surface area contributed by atoms with Crippen LogP contribution in [0.3, 0.4) is 0 Å². The van der Waals surface area contributed by atoms with Gasteiger partial charge in [0.25, 0.3) is 0 Å². The largest absolute Gasteiger partial charge is 0.497 e. The van der Waals surface area contributed by atoms with Crippen LogP contribution in [0.1, 0.15) is 28.8 Å². The number of likely N-dealkylation sites (N-methyl/N-ethyl adjacent to an activating group) is 1. The molecule has 178 valence electrons. The third-order valence-corrected chi connectivity index (χ3v) is 7.21. The van der Waals surface area contributed by atoms with Gasteiger partial charge in [-0.05, 0) is 47.4 Å². The maximum Gasteiger partial charge on any atom is 0.246 e. The number of nitrogens with zero attached hydrogens (tertiary/aromatic N) is 5. The van der Waals surface area contributed by atoms with Crippen LogP contribution in [0.4, 0.5) is 0 Å². The van der Waals surface area contributed by atoms with Crippen LogP contribution in [0.5, 0.6) is 5.75 Å². The van der Waals surface area contributed by atoms with Gasteiger partial charge in [-0.15, -0.1) is 0 Å². The van der Waals surface area contributed by atoms with Gasteiger partial charge in [-0.3, -0.25) is 9.69 Å². The van der Waals surface area contributed by atoms with Crippen LogP contribution >= 0.6 is 0 Å². The van der Waals surface area contributed by atoms with Gasteiger partial charge in [0.1, 0.15) is 5.75 Å².